The lowest BCUT2D eigenvalue weighted by Crippen LogP contribution is -2.46. The van der Waals surface area contributed by atoms with Crippen molar-refractivity contribution in [1.29, 1.82) is 0 Å². The summed E-state index contributed by atoms with van der Waals surface area (Å²) in [5.74, 6) is 1.92. The number of rotatable bonds is 12. The van der Waals surface area contributed by atoms with Crippen molar-refractivity contribution in [1.82, 2.24) is 4.90 Å². The Morgan fingerprint density at radius 3 is 2.45 bits per heavy atom. The minimum absolute atomic E-state index is 0.0906. The fourth-order valence-corrected chi connectivity index (χ4v) is 6.69. The Hall–Kier alpha value is -1.34. The summed E-state index contributed by atoms with van der Waals surface area (Å²) in [5, 5.41) is 0. The first kappa shape index (κ1) is 24.3. The number of hydrogen-bond acceptors (Lipinski definition) is 5. The second kappa shape index (κ2) is 12.6. The summed E-state index contributed by atoms with van der Waals surface area (Å²) in [7, 11) is -2.89. The van der Waals surface area contributed by atoms with Crippen molar-refractivity contribution in [2.45, 2.75) is 51.4 Å². The number of ether oxygens (including phenoxy) is 1. The highest BCUT2D eigenvalue weighted by Crippen LogP contribution is 2.29. The summed E-state index contributed by atoms with van der Waals surface area (Å²) in [4.78, 5) is 4.76. The first-order chi connectivity index (χ1) is 15.1. The summed E-state index contributed by atoms with van der Waals surface area (Å²) in [6.45, 7) is 4.44. The fourth-order valence-electron chi connectivity index (χ4n) is 4.83. The third kappa shape index (κ3) is 8.26. The van der Waals surface area contributed by atoms with Gasteiger partial charge >= 0.3 is 0 Å². The van der Waals surface area contributed by atoms with E-state index in [-0.39, 0.29) is 6.61 Å². The van der Waals surface area contributed by atoms with Crippen LogP contribution in [0.25, 0.3) is 0 Å². The van der Waals surface area contributed by atoms with E-state index in [0.29, 0.717) is 17.4 Å². The molecule has 1 saturated carbocycles. The van der Waals surface area contributed by atoms with Crippen LogP contribution in [-0.2, 0) is 9.84 Å². The molecule has 0 bridgehead atoms. The van der Waals surface area contributed by atoms with Crippen molar-refractivity contribution >= 4 is 15.5 Å². The first-order valence-corrected chi connectivity index (χ1v) is 13.8. The second-order valence-corrected chi connectivity index (χ2v) is 11.2. The zero-order valence-corrected chi connectivity index (χ0v) is 19.6. The summed E-state index contributed by atoms with van der Waals surface area (Å²) in [5.41, 5.74) is 1.04. The van der Waals surface area contributed by atoms with Gasteiger partial charge in [0, 0.05) is 26.2 Å². The Bertz CT molecular complexity index is 745. The Labute approximate surface area is 187 Å². The van der Waals surface area contributed by atoms with Gasteiger partial charge in [-0.15, -0.1) is 0 Å². The highest BCUT2D eigenvalue weighted by molar-refractivity contribution is 7.91. The molecular formula is C24H39FN2O3S. The van der Waals surface area contributed by atoms with Gasteiger partial charge in [0.15, 0.2) is 9.84 Å². The fraction of sp³-hybridized carbons (Fsp3) is 0.750. The second-order valence-electron chi connectivity index (χ2n) is 9.01. The molecule has 0 spiro atoms. The van der Waals surface area contributed by atoms with Gasteiger partial charge in [0.25, 0.3) is 0 Å². The number of hydrogen-bond donors (Lipinski definition) is 0. The number of piperazine rings is 1. The van der Waals surface area contributed by atoms with Crippen LogP contribution in [0, 0.1) is 5.92 Å². The van der Waals surface area contributed by atoms with Crippen LogP contribution < -0.4 is 9.64 Å². The van der Waals surface area contributed by atoms with Gasteiger partial charge in [-0.2, -0.15) is 0 Å². The number of alkyl halides is 1. The van der Waals surface area contributed by atoms with Gasteiger partial charge in [-0.3, -0.25) is 4.90 Å². The Morgan fingerprint density at radius 1 is 0.968 bits per heavy atom. The molecule has 176 valence electrons. The third-order valence-corrected chi connectivity index (χ3v) is 8.45. The lowest BCUT2D eigenvalue weighted by Gasteiger charge is -2.36. The smallest absolute Gasteiger partial charge is 0.150 e. The molecule has 1 aromatic rings. The normalized spacial score (nSPS) is 18.9. The molecule has 3 rings (SSSR count). The molecule has 0 unspecified atom stereocenters. The Kier molecular flexibility index (Phi) is 9.91. The number of unbranched alkanes of at least 4 members (excludes halogenated alkanes) is 2. The maximum absolute atomic E-state index is 12.5. The maximum atomic E-state index is 12.5. The molecule has 0 atom stereocenters. The number of anilines is 1. The van der Waals surface area contributed by atoms with Gasteiger partial charge in [0.2, 0.25) is 0 Å². The van der Waals surface area contributed by atoms with Crippen LogP contribution in [0.3, 0.4) is 0 Å². The van der Waals surface area contributed by atoms with Crippen LogP contribution in [0.4, 0.5) is 10.1 Å². The van der Waals surface area contributed by atoms with E-state index in [0.717, 1.165) is 76.3 Å². The Balaban J connectivity index is 1.31. The number of sulfone groups is 1. The molecule has 1 saturated heterocycles. The minimum Gasteiger partial charge on any atom is -0.489 e. The predicted octanol–water partition coefficient (Wildman–Crippen LogP) is 4.32. The van der Waals surface area contributed by atoms with E-state index in [1.54, 1.807) is 0 Å². The lowest BCUT2D eigenvalue weighted by atomic mass is 9.91. The predicted molar refractivity (Wildman–Crippen MR) is 126 cm³/mol. The topological polar surface area (TPSA) is 49.9 Å². The van der Waals surface area contributed by atoms with Crippen molar-refractivity contribution in [2.24, 2.45) is 5.92 Å². The average molecular weight is 455 g/mol. The average Bonchev–Trinajstić information content (AvgIpc) is 2.78. The molecule has 7 heteroatoms. The van der Waals surface area contributed by atoms with Crippen LogP contribution in [0.1, 0.15) is 51.4 Å². The van der Waals surface area contributed by atoms with Crippen molar-refractivity contribution in [3.63, 3.8) is 0 Å². The van der Waals surface area contributed by atoms with E-state index < -0.39 is 16.5 Å². The summed E-state index contributed by atoms with van der Waals surface area (Å²) >= 11 is 0. The first-order valence-electron chi connectivity index (χ1n) is 12.0. The van der Waals surface area contributed by atoms with Crippen LogP contribution in [0.5, 0.6) is 5.75 Å². The monoisotopic (exact) mass is 454 g/mol. The number of halogens is 1. The minimum atomic E-state index is -2.89. The summed E-state index contributed by atoms with van der Waals surface area (Å²) in [6.07, 6.45) is 8.67. The number of benzene rings is 1. The van der Waals surface area contributed by atoms with E-state index in [9.17, 15) is 12.8 Å². The largest absolute Gasteiger partial charge is 0.489 e. The molecular weight excluding hydrogens is 415 g/mol. The van der Waals surface area contributed by atoms with Crippen LogP contribution >= 0.6 is 0 Å². The molecule has 0 N–H and O–H groups in total. The molecule has 1 aliphatic carbocycles. The van der Waals surface area contributed by atoms with Gasteiger partial charge in [-0.1, -0.05) is 37.8 Å². The molecule has 2 fully saturated rings. The highest BCUT2D eigenvalue weighted by Gasteiger charge is 2.22. The van der Waals surface area contributed by atoms with Crippen LogP contribution in [0.2, 0.25) is 0 Å². The zero-order chi connectivity index (χ0) is 21.9. The molecule has 0 amide bonds. The van der Waals surface area contributed by atoms with E-state index in [4.69, 9.17) is 4.74 Å². The van der Waals surface area contributed by atoms with Gasteiger partial charge in [0.05, 0.1) is 17.2 Å². The maximum Gasteiger partial charge on any atom is 0.150 e. The van der Waals surface area contributed by atoms with E-state index in [1.165, 1.54) is 19.3 Å². The van der Waals surface area contributed by atoms with Gasteiger partial charge in [-0.05, 0) is 50.3 Å². The summed E-state index contributed by atoms with van der Waals surface area (Å²) < 4.78 is 42.8. The molecule has 2 aliphatic rings. The molecule has 31 heavy (non-hydrogen) atoms. The van der Waals surface area contributed by atoms with Gasteiger partial charge < -0.3 is 9.64 Å². The zero-order valence-electron chi connectivity index (χ0n) is 18.8. The quantitative estimate of drug-likeness (QED) is 0.440. The van der Waals surface area contributed by atoms with Gasteiger partial charge in [-0.25, -0.2) is 12.8 Å². The molecule has 1 aliphatic heterocycles. The summed E-state index contributed by atoms with van der Waals surface area (Å²) in [6, 6.07) is 7.85. The SMILES string of the molecule is O=S(=O)(CCCCCN1CCN(c2ccccc2OCCF)CC1)CC1CCCCC1. The molecule has 0 aromatic heterocycles. The van der Waals surface area contributed by atoms with Crippen molar-refractivity contribution in [3.8, 4) is 5.75 Å². The third-order valence-electron chi connectivity index (χ3n) is 6.56. The molecule has 1 aromatic carbocycles. The molecule has 1 heterocycles. The number of nitrogens with zero attached hydrogens (tertiary/aromatic N) is 2. The van der Waals surface area contributed by atoms with Crippen LogP contribution in [-0.4, -0.2) is 70.8 Å². The van der Waals surface area contributed by atoms with Gasteiger partial charge in [0.1, 0.15) is 19.0 Å². The van der Waals surface area contributed by atoms with Crippen molar-refractivity contribution in [2.75, 3.05) is 62.4 Å². The van der Waals surface area contributed by atoms with Crippen LogP contribution in [0.15, 0.2) is 24.3 Å². The highest BCUT2D eigenvalue weighted by atomic mass is 32.2. The Morgan fingerprint density at radius 2 is 1.71 bits per heavy atom. The number of para-hydroxylation sites is 2. The molecule has 5 nitrogen and oxygen atoms in total. The standard InChI is InChI=1S/C24H39FN2O3S/c25-13-19-30-24-12-6-5-11-23(24)27-17-15-26(16-18-27)14-7-2-8-20-31(28,29)21-22-9-3-1-4-10-22/h5-6,11-12,22H,1-4,7-10,13-21H2. The lowest BCUT2D eigenvalue weighted by molar-refractivity contribution is 0.249. The van der Waals surface area contributed by atoms with E-state index >= 15 is 0 Å². The van der Waals surface area contributed by atoms with Crippen molar-refractivity contribution in [3.05, 3.63) is 24.3 Å². The molecule has 0 radical (unpaired) electrons. The van der Waals surface area contributed by atoms with E-state index in [2.05, 4.69) is 9.80 Å². The van der Waals surface area contributed by atoms with E-state index in [1.807, 2.05) is 24.3 Å². The van der Waals surface area contributed by atoms with Crippen molar-refractivity contribution < 1.29 is 17.5 Å².